The monoisotopic (exact) mass is 352 g/mol. The van der Waals surface area contributed by atoms with Gasteiger partial charge in [0.25, 0.3) is 5.69 Å². The van der Waals surface area contributed by atoms with Gasteiger partial charge in [0.05, 0.1) is 16.8 Å². The molecule has 0 spiro atoms. The molecule has 6 nitrogen and oxygen atoms in total. The highest BCUT2D eigenvalue weighted by Crippen LogP contribution is 2.27. The number of nitro benzene ring substituents is 1. The number of hydrazone groups is 1. The van der Waals surface area contributed by atoms with Crippen molar-refractivity contribution >= 4 is 28.4 Å². The van der Waals surface area contributed by atoms with E-state index in [0.717, 1.165) is 12.0 Å². The van der Waals surface area contributed by atoms with Gasteiger partial charge in [-0.2, -0.15) is 5.10 Å². The van der Waals surface area contributed by atoms with E-state index >= 15 is 0 Å². The number of nitrogens with zero attached hydrogens (tertiary/aromatic N) is 3. The van der Waals surface area contributed by atoms with Crippen molar-refractivity contribution in [3.8, 4) is 11.3 Å². The molecule has 3 aromatic rings. The van der Waals surface area contributed by atoms with Crippen LogP contribution in [-0.4, -0.2) is 16.1 Å². The van der Waals surface area contributed by atoms with E-state index in [1.54, 1.807) is 18.3 Å². The van der Waals surface area contributed by atoms with Gasteiger partial charge >= 0.3 is 0 Å². The van der Waals surface area contributed by atoms with Crippen LogP contribution >= 0.6 is 11.3 Å². The molecule has 126 valence electrons. The molecular formula is C18H16N4O2S. The van der Waals surface area contributed by atoms with Crippen molar-refractivity contribution in [2.24, 2.45) is 5.10 Å². The number of non-ortho nitro benzene ring substituents is 1. The van der Waals surface area contributed by atoms with Gasteiger partial charge in [0.15, 0.2) is 0 Å². The number of thiazole rings is 1. The molecule has 0 aliphatic heterocycles. The minimum absolute atomic E-state index is 0.0496. The molecule has 0 unspecified atom stereocenters. The Morgan fingerprint density at radius 3 is 2.80 bits per heavy atom. The standard InChI is InChI=1S/C18H16N4O2S/c1-2-13-6-8-14(9-7-13)11-19-21-18-20-17(12-25-18)15-4-3-5-16(10-15)22(23)24/h3-12H,2H2,1H3,(H,20,21). The summed E-state index contributed by atoms with van der Waals surface area (Å²) >= 11 is 1.39. The Morgan fingerprint density at radius 2 is 2.08 bits per heavy atom. The maximum absolute atomic E-state index is 10.9. The predicted molar refractivity (Wildman–Crippen MR) is 101 cm³/mol. The van der Waals surface area contributed by atoms with Crippen LogP contribution in [0.1, 0.15) is 18.1 Å². The molecule has 1 heterocycles. The van der Waals surface area contributed by atoms with Crippen LogP contribution in [0.25, 0.3) is 11.3 Å². The lowest BCUT2D eigenvalue weighted by Crippen LogP contribution is -1.91. The summed E-state index contributed by atoms with van der Waals surface area (Å²) in [7, 11) is 0. The zero-order valence-corrected chi connectivity index (χ0v) is 14.4. The largest absolute Gasteiger partial charge is 0.270 e. The van der Waals surface area contributed by atoms with Crippen molar-refractivity contribution in [1.82, 2.24) is 4.98 Å². The Balaban J connectivity index is 1.68. The van der Waals surface area contributed by atoms with Gasteiger partial charge in [-0.25, -0.2) is 4.98 Å². The molecule has 3 rings (SSSR count). The number of nitrogens with one attached hydrogen (secondary N) is 1. The van der Waals surface area contributed by atoms with Crippen LogP contribution < -0.4 is 5.43 Å². The molecule has 0 bridgehead atoms. The average Bonchev–Trinajstić information content (AvgIpc) is 3.11. The molecule has 0 fully saturated rings. The van der Waals surface area contributed by atoms with E-state index < -0.39 is 4.92 Å². The lowest BCUT2D eigenvalue weighted by atomic mass is 10.1. The SMILES string of the molecule is CCc1ccc(C=NNc2nc(-c3cccc([N+](=O)[O-])c3)cs2)cc1. The van der Waals surface area contributed by atoms with Gasteiger partial charge < -0.3 is 0 Å². The fraction of sp³-hybridized carbons (Fsp3) is 0.111. The molecule has 25 heavy (non-hydrogen) atoms. The van der Waals surface area contributed by atoms with E-state index in [2.05, 4.69) is 34.6 Å². The van der Waals surface area contributed by atoms with Crippen LogP contribution in [0.5, 0.6) is 0 Å². The number of hydrogen-bond acceptors (Lipinski definition) is 6. The first-order valence-electron chi connectivity index (χ1n) is 7.74. The van der Waals surface area contributed by atoms with E-state index in [1.165, 1.54) is 29.0 Å². The number of benzene rings is 2. The Bertz CT molecular complexity index is 903. The van der Waals surface area contributed by atoms with Crippen LogP contribution in [0.15, 0.2) is 59.0 Å². The summed E-state index contributed by atoms with van der Waals surface area (Å²) in [5, 5.41) is 17.5. The molecule has 1 N–H and O–H groups in total. The number of aryl methyl sites for hydroxylation is 1. The van der Waals surface area contributed by atoms with Crippen molar-refractivity contribution in [3.63, 3.8) is 0 Å². The first-order valence-corrected chi connectivity index (χ1v) is 8.62. The van der Waals surface area contributed by atoms with Gasteiger partial charge in [-0.15, -0.1) is 11.3 Å². The van der Waals surface area contributed by atoms with Gasteiger partial charge in [-0.1, -0.05) is 43.3 Å². The Hall–Kier alpha value is -3.06. The summed E-state index contributed by atoms with van der Waals surface area (Å²) < 4.78 is 0. The Kier molecular flexibility index (Phi) is 5.15. The fourth-order valence-corrected chi connectivity index (χ4v) is 2.91. The summed E-state index contributed by atoms with van der Waals surface area (Å²) in [5.41, 5.74) is 6.61. The molecule has 0 amide bonds. The predicted octanol–water partition coefficient (Wildman–Crippen LogP) is 4.73. The second-order valence-electron chi connectivity index (χ2n) is 5.31. The Morgan fingerprint density at radius 1 is 1.28 bits per heavy atom. The molecule has 0 radical (unpaired) electrons. The number of hydrogen-bond donors (Lipinski definition) is 1. The fourth-order valence-electron chi connectivity index (χ4n) is 2.24. The maximum Gasteiger partial charge on any atom is 0.270 e. The molecule has 7 heteroatoms. The first kappa shape index (κ1) is 16.8. The summed E-state index contributed by atoms with van der Waals surface area (Å²) in [6.45, 7) is 2.12. The van der Waals surface area contributed by atoms with Crippen molar-refractivity contribution in [2.45, 2.75) is 13.3 Å². The van der Waals surface area contributed by atoms with Gasteiger partial charge in [0, 0.05) is 23.1 Å². The van der Waals surface area contributed by atoms with Gasteiger partial charge in [0.1, 0.15) is 0 Å². The molecule has 0 saturated heterocycles. The zero-order valence-electron chi connectivity index (χ0n) is 13.5. The second kappa shape index (κ2) is 7.67. The highest BCUT2D eigenvalue weighted by atomic mass is 32.1. The molecular weight excluding hydrogens is 336 g/mol. The highest BCUT2D eigenvalue weighted by Gasteiger charge is 2.09. The van der Waals surface area contributed by atoms with E-state index in [0.29, 0.717) is 16.4 Å². The second-order valence-corrected chi connectivity index (χ2v) is 6.17. The third-order valence-corrected chi connectivity index (χ3v) is 4.37. The maximum atomic E-state index is 10.9. The highest BCUT2D eigenvalue weighted by molar-refractivity contribution is 7.14. The molecule has 0 aliphatic rings. The Labute approximate surface area is 149 Å². The smallest absolute Gasteiger partial charge is 0.258 e. The zero-order chi connectivity index (χ0) is 17.6. The third-order valence-electron chi connectivity index (χ3n) is 3.62. The summed E-state index contributed by atoms with van der Waals surface area (Å²) in [6.07, 6.45) is 2.74. The van der Waals surface area contributed by atoms with Crippen molar-refractivity contribution < 1.29 is 4.92 Å². The molecule has 0 atom stereocenters. The van der Waals surface area contributed by atoms with E-state index in [-0.39, 0.29) is 5.69 Å². The molecule has 0 saturated carbocycles. The number of anilines is 1. The third kappa shape index (κ3) is 4.27. The van der Waals surface area contributed by atoms with Crippen LogP contribution in [0, 0.1) is 10.1 Å². The number of rotatable bonds is 6. The van der Waals surface area contributed by atoms with Crippen LogP contribution in [0.4, 0.5) is 10.8 Å². The van der Waals surface area contributed by atoms with Crippen LogP contribution in [0.2, 0.25) is 0 Å². The lowest BCUT2D eigenvalue weighted by Gasteiger charge is -1.98. The van der Waals surface area contributed by atoms with Gasteiger partial charge in [0.2, 0.25) is 5.13 Å². The van der Waals surface area contributed by atoms with Crippen molar-refractivity contribution in [1.29, 1.82) is 0 Å². The summed E-state index contributed by atoms with van der Waals surface area (Å²) in [4.78, 5) is 14.9. The quantitative estimate of drug-likeness (QED) is 0.395. The van der Waals surface area contributed by atoms with Crippen molar-refractivity contribution in [3.05, 3.63) is 75.2 Å². The number of nitro groups is 1. The summed E-state index contributed by atoms with van der Waals surface area (Å²) in [5.74, 6) is 0. The molecule has 0 aliphatic carbocycles. The van der Waals surface area contributed by atoms with E-state index in [1.807, 2.05) is 17.5 Å². The molecule has 1 aromatic heterocycles. The van der Waals surface area contributed by atoms with E-state index in [4.69, 9.17) is 0 Å². The van der Waals surface area contributed by atoms with Crippen LogP contribution in [0.3, 0.4) is 0 Å². The minimum Gasteiger partial charge on any atom is -0.258 e. The van der Waals surface area contributed by atoms with Gasteiger partial charge in [-0.3, -0.25) is 15.5 Å². The lowest BCUT2D eigenvalue weighted by molar-refractivity contribution is -0.384. The topological polar surface area (TPSA) is 80.4 Å². The summed E-state index contributed by atoms with van der Waals surface area (Å²) in [6, 6.07) is 14.6. The minimum atomic E-state index is -0.414. The van der Waals surface area contributed by atoms with Crippen molar-refractivity contribution in [2.75, 3.05) is 5.43 Å². The van der Waals surface area contributed by atoms with E-state index in [9.17, 15) is 10.1 Å². The van der Waals surface area contributed by atoms with Crippen LogP contribution in [-0.2, 0) is 6.42 Å². The first-order chi connectivity index (χ1) is 12.2. The average molecular weight is 352 g/mol. The number of aromatic nitrogens is 1. The van der Waals surface area contributed by atoms with Gasteiger partial charge in [-0.05, 0) is 17.5 Å². The molecule has 2 aromatic carbocycles. The normalized spacial score (nSPS) is 10.9.